The molecular weight excluding hydrogens is 390 g/mol. The van der Waals surface area contributed by atoms with E-state index in [0.29, 0.717) is 25.0 Å². The summed E-state index contributed by atoms with van der Waals surface area (Å²) in [5, 5.41) is -0.0436. The molecule has 0 aliphatic rings. The Bertz CT molecular complexity index is 1000. The van der Waals surface area contributed by atoms with Crippen molar-refractivity contribution >= 4 is 11.6 Å². The van der Waals surface area contributed by atoms with E-state index in [2.05, 4.69) is 9.97 Å². The smallest absolute Gasteiger partial charge is 0.296 e. The van der Waals surface area contributed by atoms with Gasteiger partial charge in [0.25, 0.3) is 11.6 Å². The van der Waals surface area contributed by atoms with Crippen LogP contribution in [0.5, 0.6) is 17.5 Å². The minimum atomic E-state index is -0.877. The SMILES string of the molecule is CCc1c[nH]c(OCCc2ccc(Oc3c(F)cc(Cl)cc3F)cc2)nc1=O. The quantitative estimate of drug-likeness (QED) is 0.619. The zero-order valence-corrected chi connectivity index (χ0v) is 15.7. The van der Waals surface area contributed by atoms with E-state index < -0.39 is 17.4 Å². The fourth-order valence-electron chi connectivity index (χ4n) is 2.47. The molecule has 0 spiro atoms. The van der Waals surface area contributed by atoms with E-state index in [1.165, 1.54) is 0 Å². The summed E-state index contributed by atoms with van der Waals surface area (Å²) in [7, 11) is 0. The summed E-state index contributed by atoms with van der Waals surface area (Å²) >= 11 is 5.59. The predicted molar refractivity (Wildman–Crippen MR) is 101 cm³/mol. The Morgan fingerprint density at radius 1 is 1.14 bits per heavy atom. The monoisotopic (exact) mass is 406 g/mol. The average molecular weight is 407 g/mol. The Balaban J connectivity index is 1.58. The zero-order valence-electron chi connectivity index (χ0n) is 15.0. The van der Waals surface area contributed by atoms with Gasteiger partial charge in [0.1, 0.15) is 5.75 Å². The molecule has 28 heavy (non-hydrogen) atoms. The van der Waals surface area contributed by atoms with E-state index in [1.807, 2.05) is 6.92 Å². The number of halogens is 3. The van der Waals surface area contributed by atoms with E-state index >= 15 is 0 Å². The van der Waals surface area contributed by atoms with Crippen molar-refractivity contribution in [1.82, 2.24) is 9.97 Å². The first-order valence-corrected chi connectivity index (χ1v) is 8.96. The largest absolute Gasteiger partial charge is 0.464 e. The fourth-order valence-corrected chi connectivity index (χ4v) is 2.66. The highest BCUT2D eigenvalue weighted by atomic mass is 35.5. The normalized spacial score (nSPS) is 10.7. The lowest BCUT2D eigenvalue weighted by Gasteiger charge is -2.09. The maximum absolute atomic E-state index is 13.8. The van der Waals surface area contributed by atoms with Crippen molar-refractivity contribution in [2.24, 2.45) is 0 Å². The van der Waals surface area contributed by atoms with Crippen LogP contribution in [0.3, 0.4) is 0 Å². The third kappa shape index (κ3) is 4.86. The highest BCUT2D eigenvalue weighted by Gasteiger charge is 2.13. The number of aromatic nitrogens is 2. The molecule has 1 N–H and O–H groups in total. The van der Waals surface area contributed by atoms with Crippen LogP contribution < -0.4 is 15.0 Å². The molecule has 0 atom stereocenters. The molecule has 2 aromatic carbocycles. The van der Waals surface area contributed by atoms with Crippen LogP contribution in [0.1, 0.15) is 18.1 Å². The van der Waals surface area contributed by atoms with Gasteiger partial charge in [-0.05, 0) is 36.2 Å². The number of nitrogens with one attached hydrogen (secondary N) is 1. The van der Waals surface area contributed by atoms with Crippen LogP contribution >= 0.6 is 11.6 Å². The first-order chi connectivity index (χ1) is 13.5. The molecular formula is C20H17ClF2N2O3. The Morgan fingerprint density at radius 3 is 2.43 bits per heavy atom. The molecule has 0 saturated heterocycles. The summed E-state index contributed by atoms with van der Waals surface area (Å²) in [6, 6.07) is 8.82. The summed E-state index contributed by atoms with van der Waals surface area (Å²) in [6.07, 6.45) is 2.73. The zero-order chi connectivity index (χ0) is 20.1. The molecule has 0 bridgehead atoms. The summed E-state index contributed by atoms with van der Waals surface area (Å²) in [4.78, 5) is 18.3. The van der Waals surface area contributed by atoms with E-state index in [0.717, 1.165) is 17.7 Å². The topological polar surface area (TPSA) is 64.2 Å². The molecule has 3 rings (SSSR count). The average Bonchev–Trinajstić information content (AvgIpc) is 2.66. The first-order valence-electron chi connectivity index (χ1n) is 8.59. The van der Waals surface area contributed by atoms with Gasteiger partial charge in [0.05, 0.1) is 6.61 Å². The number of ether oxygens (including phenoxy) is 2. The second kappa shape index (κ2) is 8.84. The lowest BCUT2D eigenvalue weighted by Crippen LogP contribution is -2.15. The van der Waals surface area contributed by atoms with Crippen LogP contribution in [-0.2, 0) is 12.8 Å². The highest BCUT2D eigenvalue weighted by Crippen LogP contribution is 2.30. The predicted octanol–water partition coefficient (Wildman–Crippen LogP) is 4.68. The van der Waals surface area contributed by atoms with Gasteiger partial charge in [0.15, 0.2) is 17.4 Å². The van der Waals surface area contributed by atoms with Crippen molar-refractivity contribution in [3.63, 3.8) is 0 Å². The molecule has 0 aliphatic carbocycles. The first kappa shape index (κ1) is 19.8. The van der Waals surface area contributed by atoms with Gasteiger partial charge in [0.2, 0.25) is 0 Å². The van der Waals surface area contributed by atoms with Crippen LogP contribution in [0.2, 0.25) is 5.02 Å². The maximum atomic E-state index is 13.8. The minimum Gasteiger partial charge on any atom is -0.464 e. The Hall–Kier alpha value is -2.93. The van der Waals surface area contributed by atoms with Gasteiger partial charge in [-0.15, -0.1) is 0 Å². The lowest BCUT2D eigenvalue weighted by molar-refractivity contribution is 0.295. The Morgan fingerprint density at radius 2 is 1.82 bits per heavy atom. The van der Waals surface area contributed by atoms with E-state index in [-0.39, 0.29) is 22.3 Å². The van der Waals surface area contributed by atoms with E-state index in [9.17, 15) is 13.6 Å². The maximum Gasteiger partial charge on any atom is 0.296 e. The van der Waals surface area contributed by atoms with Crippen molar-refractivity contribution < 1.29 is 18.3 Å². The number of rotatable bonds is 7. The van der Waals surface area contributed by atoms with Crippen molar-refractivity contribution in [3.8, 4) is 17.5 Å². The molecule has 8 heteroatoms. The van der Waals surface area contributed by atoms with Crippen molar-refractivity contribution in [2.45, 2.75) is 19.8 Å². The summed E-state index contributed by atoms with van der Waals surface area (Å²) < 4.78 is 38.3. The molecule has 0 aliphatic heterocycles. The third-order valence-electron chi connectivity index (χ3n) is 3.96. The number of H-pyrrole nitrogens is 1. The van der Waals surface area contributed by atoms with Crippen molar-refractivity contribution in [3.05, 3.63) is 80.7 Å². The number of nitrogens with zero attached hydrogens (tertiary/aromatic N) is 1. The molecule has 1 heterocycles. The Labute approximate surface area is 164 Å². The molecule has 0 saturated carbocycles. The number of aromatic amines is 1. The van der Waals surface area contributed by atoms with E-state index in [1.54, 1.807) is 30.5 Å². The molecule has 0 radical (unpaired) electrons. The summed E-state index contributed by atoms with van der Waals surface area (Å²) in [5.41, 5.74) is 1.20. The molecule has 0 fully saturated rings. The van der Waals surface area contributed by atoms with Gasteiger partial charge in [-0.25, -0.2) is 8.78 Å². The molecule has 146 valence electrons. The second-order valence-corrected chi connectivity index (χ2v) is 6.37. The van der Waals surface area contributed by atoms with Crippen molar-refractivity contribution in [1.29, 1.82) is 0 Å². The standard InChI is InChI=1S/C20H17ClF2N2O3/c1-2-13-11-24-20(25-19(13)26)27-8-7-12-3-5-15(6-4-12)28-18-16(22)9-14(21)10-17(18)23/h3-6,9-11H,2,7-8H2,1H3,(H,24,25,26). The van der Waals surface area contributed by atoms with Gasteiger partial charge in [-0.1, -0.05) is 30.7 Å². The third-order valence-corrected chi connectivity index (χ3v) is 4.18. The number of hydrogen-bond acceptors (Lipinski definition) is 4. The van der Waals surface area contributed by atoms with Crippen LogP contribution in [0, 0.1) is 11.6 Å². The molecule has 1 aromatic heterocycles. The van der Waals surface area contributed by atoms with Crippen LogP contribution in [-0.4, -0.2) is 16.6 Å². The number of benzene rings is 2. The van der Waals surface area contributed by atoms with Crippen molar-refractivity contribution in [2.75, 3.05) is 6.61 Å². The van der Waals surface area contributed by atoms with Crippen LogP contribution in [0.4, 0.5) is 8.78 Å². The summed E-state index contributed by atoms with van der Waals surface area (Å²) in [5.74, 6) is -1.98. The highest BCUT2D eigenvalue weighted by molar-refractivity contribution is 6.30. The number of hydrogen-bond donors (Lipinski definition) is 1. The van der Waals surface area contributed by atoms with Crippen LogP contribution in [0.15, 0.2) is 47.4 Å². The van der Waals surface area contributed by atoms with Crippen LogP contribution in [0.25, 0.3) is 0 Å². The van der Waals surface area contributed by atoms with E-state index in [4.69, 9.17) is 21.1 Å². The van der Waals surface area contributed by atoms with Gasteiger partial charge in [-0.3, -0.25) is 4.79 Å². The molecule has 5 nitrogen and oxygen atoms in total. The Kier molecular flexibility index (Phi) is 6.26. The van der Waals surface area contributed by atoms with Gasteiger partial charge in [-0.2, -0.15) is 4.98 Å². The fraction of sp³-hybridized carbons (Fsp3) is 0.200. The molecule has 3 aromatic rings. The lowest BCUT2D eigenvalue weighted by atomic mass is 10.1. The second-order valence-electron chi connectivity index (χ2n) is 5.93. The van der Waals surface area contributed by atoms with Gasteiger partial charge in [0, 0.05) is 23.2 Å². The van der Waals surface area contributed by atoms with Gasteiger partial charge >= 0.3 is 0 Å². The molecule has 0 amide bonds. The van der Waals surface area contributed by atoms with Gasteiger partial charge < -0.3 is 14.5 Å². The number of aryl methyl sites for hydroxylation is 1. The summed E-state index contributed by atoms with van der Waals surface area (Å²) in [6.45, 7) is 2.17. The molecule has 0 unspecified atom stereocenters. The minimum absolute atomic E-state index is 0.0436.